The average molecular weight is 122 g/mol. The van der Waals surface area contributed by atoms with Crippen LogP contribution >= 0.6 is 23.2 Å². The quantitative estimate of drug-likeness (QED) is 0.338. The normalized spacial score (nSPS) is 7.33. The minimum Gasteiger partial charge on any atom is -0.0994 e. The summed E-state index contributed by atoms with van der Waals surface area (Å²) in [6.07, 6.45) is 0. The molecule has 6 heavy (non-hydrogen) atoms. The van der Waals surface area contributed by atoms with Gasteiger partial charge in [-0.2, -0.15) is 0 Å². The number of rotatable bonds is 0. The van der Waals surface area contributed by atoms with Gasteiger partial charge in [0, 0.05) is 6.92 Å². The van der Waals surface area contributed by atoms with Crippen LogP contribution in [0.15, 0.2) is 0 Å². The molecule has 0 aromatic carbocycles. The molecule has 0 aromatic rings. The Balaban J connectivity index is 3.20. The summed E-state index contributed by atoms with van der Waals surface area (Å²) < 4.78 is 0. The lowest BCUT2D eigenvalue weighted by atomic mass is 10.7. The van der Waals surface area contributed by atoms with Gasteiger partial charge in [0.2, 0.25) is 0 Å². The van der Waals surface area contributed by atoms with Gasteiger partial charge < -0.3 is 0 Å². The molecule has 2 heteroatoms. The second-order valence-electron chi connectivity index (χ2n) is 0.622. The van der Waals surface area contributed by atoms with Crippen LogP contribution in [0.1, 0.15) is 0 Å². The predicted molar refractivity (Wildman–Crippen MR) is 28.6 cm³/mol. The molecule has 0 aliphatic heterocycles. The molecule has 33 valence electrons. The van der Waals surface area contributed by atoms with E-state index in [0.29, 0.717) is 0 Å². The average Bonchev–Trinajstić information content (AvgIpc) is 1.35. The molecule has 0 saturated heterocycles. The molecule has 0 aliphatic rings. The largest absolute Gasteiger partial charge is 0.167 e. The first kappa shape index (κ1) is 6.14. The Bertz CT molecular complexity index is 75.3. The molecule has 0 spiro atoms. The molecule has 0 aromatic heterocycles. The summed E-state index contributed by atoms with van der Waals surface area (Å²) >= 11 is 10.3. The zero-order chi connectivity index (χ0) is 4.99. The van der Waals surface area contributed by atoms with Crippen LogP contribution in [0.2, 0.25) is 0 Å². The van der Waals surface area contributed by atoms with Crippen molar-refractivity contribution < 1.29 is 0 Å². The fourth-order valence-corrected chi connectivity index (χ4v) is 0.231. The van der Waals surface area contributed by atoms with Crippen molar-refractivity contribution in [1.82, 2.24) is 0 Å². The highest BCUT2D eigenvalue weighted by atomic mass is 35.5. The number of hydrogen-bond acceptors (Lipinski definition) is 0. The smallest absolute Gasteiger partial charge is 0.0994 e. The van der Waals surface area contributed by atoms with Crippen molar-refractivity contribution in [3.8, 4) is 11.8 Å². The van der Waals surface area contributed by atoms with Gasteiger partial charge in [-0.25, -0.2) is 0 Å². The van der Waals surface area contributed by atoms with E-state index in [1.54, 1.807) is 0 Å². The maximum Gasteiger partial charge on any atom is 0.167 e. The zero-order valence-electron chi connectivity index (χ0n) is 3.04. The van der Waals surface area contributed by atoms with Crippen molar-refractivity contribution in [2.75, 3.05) is 0 Å². The summed E-state index contributed by atoms with van der Waals surface area (Å²) in [5.74, 6) is 4.68. The zero-order valence-corrected chi connectivity index (χ0v) is 4.55. The predicted octanol–water partition coefficient (Wildman–Crippen LogP) is 1.63. The third-order valence-corrected chi connectivity index (χ3v) is 0.429. The van der Waals surface area contributed by atoms with Gasteiger partial charge in [0.15, 0.2) is 4.84 Å². The molecule has 0 aliphatic carbocycles. The lowest BCUT2D eigenvalue weighted by Crippen LogP contribution is -1.72. The molecule has 0 saturated carbocycles. The molecule has 0 atom stereocenters. The van der Waals surface area contributed by atoms with Gasteiger partial charge in [-0.3, -0.25) is 0 Å². The standard InChI is InChI=1S/C4H3Cl2/c1-2-3-4(5)6/h4H,1H2. The molecule has 0 fully saturated rings. The van der Waals surface area contributed by atoms with Crippen LogP contribution in [-0.4, -0.2) is 4.84 Å². The fraction of sp³-hybridized carbons (Fsp3) is 0.250. The molecular formula is C4H3Cl2. The van der Waals surface area contributed by atoms with E-state index in [1.807, 2.05) is 0 Å². The van der Waals surface area contributed by atoms with Gasteiger partial charge >= 0.3 is 0 Å². The monoisotopic (exact) mass is 121 g/mol. The van der Waals surface area contributed by atoms with Crippen molar-refractivity contribution in [2.24, 2.45) is 0 Å². The Morgan fingerprint density at radius 2 is 2.00 bits per heavy atom. The van der Waals surface area contributed by atoms with Gasteiger partial charge in [0.25, 0.3) is 0 Å². The molecule has 0 rings (SSSR count). The maximum atomic E-state index is 5.13. The number of hydrogen-bond donors (Lipinski definition) is 0. The summed E-state index contributed by atoms with van der Waals surface area (Å²) in [6, 6.07) is 0. The van der Waals surface area contributed by atoms with Gasteiger partial charge in [0.1, 0.15) is 0 Å². The molecule has 0 N–H and O–H groups in total. The highest BCUT2D eigenvalue weighted by Gasteiger charge is 1.82. The minimum atomic E-state index is -0.581. The number of alkyl halides is 2. The van der Waals surface area contributed by atoms with Crippen LogP contribution < -0.4 is 0 Å². The highest BCUT2D eigenvalue weighted by Crippen LogP contribution is 1.96. The van der Waals surface area contributed by atoms with E-state index in [9.17, 15) is 0 Å². The lowest BCUT2D eigenvalue weighted by Gasteiger charge is -1.76. The third-order valence-electron chi connectivity index (χ3n) is 0.211. The Kier molecular flexibility index (Phi) is 3.41. The van der Waals surface area contributed by atoms with Gasteiger partial charge in [-0.05, 0) is 0 Å². The highest BCUT2D eigenvalue weighted by molar-refractivity contribution is 6.46. The summed E-state index contributed by atoms with van der Waals surface area (Å²) in [5.41, 5.74) is 0. The van der Waals surface area contributed by atoms with E-state index < -0.39 is 4.84 Å². The second-order valence-corrected chi connectivity index (χ2v) is 1.72. The summed E-state index contributed by atoms with van der Waals surface area (Å²) in [7, 11) is 0. The molecule has 0 amide bonds. The van der Waals surface area contributed by atoms with Crippen molar-refractivity contribution in [1.29, 1.82) is 0 Å². The van der Waals surface area contributed by atoms with Crippen LogP contribution in [0, 0.1) is 18.8 Å². The van der Waals surface area contributed by atoms with Crippen LogP contribution in [0.3, 0.4) is 0 Å². The van der Waals surface area contributed by atoms with Crippen molar-refractivity contribution in [2.45, 2.75) is 4.84 Å². The molecule has 0 bridgehead atoms. The first-order chi connectivity index (χ1) is 2.77. The van der Waals surface area contributed by atoms with E-state index in [-0.39, 0.29) is 0 Å². The SMILES string of the molecule is [CH2]C#CC(Cl)Cl. The van der Waals surface area contributed by atoms with E-state index in [1.165, 1.54) is 0 Å². The van der Waals surface area contributed by atoms with Crippen molar-refractivity contribution >= 4 is 23.2 Å². The van der Waals surface area contributed by atoms with E-state index in [4.69, 9.17) is 23.2 Å². The summed E-state index contributed by atoms with van der Waals surface area (Å²) in [4.78, 5) is -0.581. The maximum absolute atomic E-state index is 5.13. The van der Waals surface area contributed by atoms with Crippen molar-refractivity contribution in [3.63, 3.8) is 0 Å². The van der Waals surface area contributed by atoms with Crippen molar-refractivity contribution in [3.05, 3.63) is 6.92 Å². The Hall–Kier alpha value is 0.140. The number of halogens is 2. The fourth-order valence-electron chi connectivity index (χ4n) is 0.0772. The first-order valence-corrected chi connectivity index (χ1v) is 2.20. The Morgan fingerprint density at radius 3 is 2.00 bits per heavy atom. The van der Waals surface area contributed by atoms with Gasteiger partial charge in [0.05, 0.1) is 0 Å². The van der Waals surface area contributed by atoms with Crippen LogP contribution in [-0.2, 0) is 0 Å². The first-order valence-electron chi connectivity index (χ1n) is 1.33. The lowest BCUT2D eigenvalue weighted by molar-refractivity contribution is 1.73. The molecule has 0 unspecified atom stereocenters. The molecular weight excluding hydrogens is 119 g/mol. The van der Waals surface area contributed by atoms with E-state index in [2.05, 4.69) is 18.8 Å². The van der Waals surface area contributed by atoms with Crippen LogP contribution in [0.5, 0.6) is 0 Å². The van der Waals surface area contributed by atoms with E-state index in [0.717, 1.165) is 0 Å². The molecule has 1 radical (unpaired) electrons. The summed E-state index contributed by atoms with van der Waals surface area (Å²) in [5, 5.41) is 0. The topological polar surface area (TPSA) is 0 Å². The molecule has 0 nitrogen and oxygen atoms in total. The second kappa shape index (κ2) is 3.33. The van der Waals surface area contributed by atoms with Gasteiger partial charge in [-0.1, -0.05) is 35.0 Å². The van der Waals surface area contributed by atoms with Crippen LogP contribution in [0.25, 0.3) is 0 Å². The molecule has 0 heterocycles. The Morgan fingerprint density at radius 1 is 1.50 bits per heavy atom. The van der Waals surface area contributed by atoms with E-state index >= 15 is 0 Å². The summed E-state index contributed by atoms with van der Waals surface area (Å²) in [6.45, 7) is 3.20. The Labute approximate surface area is 47.4 Å². The third kappa shape index (κ3) is 4.14. The minimum absolute atomic E-state index is 0.581. The van der Waals surface area contributed by atoms with Crippen LogP contribution in [0.4, 0.5) is 0 Å². The van der Waals surface area contributed by atoms with Gasteiger partial charge in [-0.15, -0.1) is 0 Å².